The summed E-state index contributed by atoms with van der Waals surface area (Å²) in [4.78, 5) is 21.0. The van der Waals surface area contributed by atoms with Gasteiger partial charge < -0.3 is 9.80 Å². The maximum absolute atomic E-state index is 12.7. The first kappa shape index (κ1) is 16.6. The van der Waals surface area contributed by atoms with E-state index in [2.05, 4.69) is 18.8 Å². The minimum absolute atomic E-state index is 0.123. The van der Waals surface area contributed by atoms with E-state index in [1.807, 2.05) is 34.5 Å². The number of hydrogen-bond acceptors (Lipinski definition) is 3. The summed E-state index contributed by atoms with van der Waals surface area (Å²) in [7, 11) is 0. The molecule has 2 heterocycles. The number of hydrogen-bond donors (Lipinski definition) is 1. The summed E-state index contributed by atoms with van der Waals surface area (Å²) in [6, 6.07) is 7.77. The van der Waals surface area contributed by atoms with Crippen LogP contribution >= 0.6 is 11.3 Å². The van der Waals surface area contributed by atoms with E-state index >= 15 is 0 Å². The average Bonchev–Trinajstić information content (AvgIpc) is 3.09. The molecule has 0 aliphatic carbocycles. The van der Waals surface area contributed by atoms with Gasteiger partial charge in [0.2, 0.25) is 0 Å². The van der Waals surface area contributed by atoms with Crippen molar-refractivity contribution in [3.8, 4) is 0 Å². The molecule has 1 amide bonds. The highest BCUT2D eigenvalue weighted by atomic mass is 32.1. The molecule has 2 aromatic heterocycles. The molecule has 0 fully saturated rings. The molecule has 0 atom stereocenters. The van der Waals surface area contributed by atoms with E-state index in [9.17, 15) is 4.79 Å². The molecule has 1 N–H and O–H groups in total. The third-order valence-corrected chi connectivity index (χ3v) is 4.74. The SMILES string of the molecule is CC[NH+](CC)CCN(Cc1ccncc1)C(=O)c1cccs1. The number of amides is 1. The van der Waals surface area contributed by atoms with E-state index in [-0.39, 0.29) is 5.91 Å². The molecule has 0 aliphatic rings. The highest BCUT2D eigenvalue weighted by Crippen LogP contribution is 2.14. The lowest BCUT2D eigenvalue weighted by Crippen LogP contribution is -3.12. The molecule has 118 valence electrons. The molecule has 0 radical (unpaired) electrons. The maximum Gasteiger partial charge on any atom is 0.264 e. The number of nitrogens with one attached hydrogen (secondary N) is 1. The number of rotatable bonds is 8. The van der Waals surface area contributed by atoms with Crippen LogP contribution in [0, 0.1) is 0 Å². The summed E-state index contributed by atoms with van der Waals surface area (Å²) < 4.78 is 0. The lowest BCUT2D eigenvalue weighted by molar-refractivity contribution is -0.895. The van der Waals surface area contributed by atoms with Crippen LogP contribution in [-0.4, -0.2) is 42.0 Å². The lowest BCUT2D eigenvalue weighted by Gasteiger charge is -2.24. The Hall–Kier alpha value is -1.72. The second kappa shape index (κ2) is 8.66. The van der Waals surface area contributed by atoms with Crippen molar-refractivity contribution in [1.82, 2.24) is 9.88 Å². The largest absolute Gasteiger partial charge is 0.334 e. The van der Waals surface area contributed by atoms with Gasteiger partial charge in [-0.3, -0.25) is 9.78 Å². The molecular formula is C17H24N3OS+. The van der Waals surface area contributed by atoms with Crippen molar-refractivity contribution < 1.29 is 9.69 Å². The van der Waals surface area contributed by atoms with Crippen LogP contribution in [0.4, 0.5) is 0 Å². The van der Waals surface area contributed by atoms with Gasteiger partial charge in [-0.05, 0) is 43.0 Å². The van der Waals surface area contributed by atoms with E-state index in [1.165, 1.54) is 16.2 Å². The molecule has 0 saturated carbocycles. The lowest BCUT2D eigenvalue weighted by atomic mass is 10.2. The van der Waals surface area contributed by atoms with Crippen LogP contribution < -0.4 is 4.90 Å². The Kier molecular flexibility index (Phi) is 6.55. The van der Waals surface area contributed by atoms with Crippen LogP contribution in [0.5, 0.6) is 0 Å². The minimum Gasteiger partial charge on any atom is -0.334 e. The van der Waals surface area contributed by atoms with Crippen molar-refractivity contribution in [2.24, 2.45) is 0 Å². The topological polar surface area (TPSA) is 37.6 Å². The normalized spacial score (nSPS) is 10.9. The van der Waals surface area contributed by atoms with E-state index < -0.39 is 0 Å². The van der Waals surface area contributed by atoms with Crippen LogP contribution in [0.3, 0.4) is 0 Å². The fourth-order valence-electron chi connectivity index (χ4n) is 2.41. The number of likely N-dealkylation sites (N-methyl/N-ethyl adjacent to an activating group) is 1. The van der Waals surface area contributed by atoms with Crippen molar-refractivity contribution in [3.05, 3.63) is 52.5 Å². The summed E-state index contributed by atoms with van der Waals surface area (Å²) in [5.41, 5.74) is 1.12. The van der Waals surface area contributed by atoms with Gasteiger partial charge in [-0.15, -0.1) is 11.3 Å². The van der Waals surface area contributed by atoms with Gasteiger partial charge in [-0.25, -0.2) is 0 Å². The zero-order valence-corrected chi connectivity index (χ0v) is 14.1. The van der Waals surface area contributed by atoms with Crippen molar-refractivity contribution in [2.75, 3.05) is 26.2 Å². The Morgan fingerprint density at radius 2 is 1.95 bits per heavy atom. The van der Waals surface area contributed by atoms with Crippen molar-refractivity contribution in [1.29, 1.82) is 0 Å². The molecular weight excluding hydrogens is 294 g/mol. The molecule has 2 aromatic rings. The minimum atomic E-state index is 0.123. The number of pyridine rings is 1. The van der Waals surface area contributed by atoms with Crippen LogP contribution in [0.2, 0.25) is 0 Å². The molecule has 0 aromatic carbocycles. The summed E-state index contributed by atoms with van der Waals surface area (Å²) in [5, 5.41) is 1.95. The predicted molar refractivity (Wildman–Crippen MR) is 90.2 cm³/mol. The molecule has 0 unspecified atom stereocenters. The Labute approximate surface area is 136 Å². The van der Waals surface area contributed by atoms with Gasteiger partial charge in [0.25, 0.3) is 5.91 Å². The van der Waals surface area contributed by atoms with E-state index in [0.29, 0.717) is 6.54 Å². The molecule has 22 heavy (non-hydrogen) atoms. The quantitative estimate of drug-likeness (QED) is 0.804. The van der Waals surface area contributed by atoms with Gasteiger partial charge in [0.05, 0.1) is 31.1 Å². The molecule has 0 saturated heterocycles. The number of aromatic nitrogens is 1. The summed E-state index contributed by atoms with van der Waals surface area (Å²) in [5.74, 6) is 0.123. The van der Waals surface area contributed by atoms with Gasteiger partial charge in [-0.1, -0.05) is 6.07 Å². The Morgan fingerprint density at radius 3 is 2.55 bits per heavy atom. The third-order valence-electron chi connectivity index (χ3n) is 3.88. The fourth-order valence-corrected chi connectivity index (χ4v) is 3.10. The monoisotopic (exact) mass is 318 g/mol. The first-order valence-corrected chi connectivity index (χ1v) is 8.67. The maximum atomic E-state index is 12.7. The highest BCUT2D eigenvalue weighted by Gasteiger charge is 2.18. The first-order chi connectivity index (χ1) is 10.7. The zero-order chi connectivity index (χ0) is 15.8. The van der Waals surface area contributed by atoms with Crippen LogP contribution in [0.25, 0.3) is 0 Å². The average molecular weight is 318 g/mol. The van der Waals surface area contributed by atoms with Crippen LogP contribution in [0.1, 0.15) is 29.1 Å². The molecule has 2 rings (SSSR count). The van der Waals surface area contributed by atoms with E-state index in [0.717, 1.165) is 36.6 Å². The van der Waals surface area contributed by atoms with E-state index in [1.54, 1.807) is 12.4 Å². The molecule has 5 heteroatoms. The smallest absolute Gasteiger partial charge is 0.264 e. The molecule has 0 bridgehead atoms. The summed E-state index contributed by atoms with van der Waals surface area (Å²) in [6.07, 6.45) is 3.55. The van der Waals surface area contributed by atoms with Crippen molar-refractivity contribution in [2.45, 2.75) is 20.4 Å². The van der Waals surface area contributed by atoms with Gasteiger partial charge in [0, 0.05) is 18.9 Å². The van der Waals surface area contributed by atoms with Gasteiger partial charge in [-0.2, -0.15) is 0 Å². The highest BCUT2D eigenvalue weighted by molar-refractivity contribution is 7.12. The first-order valence-electron chi connectivity index (χ1n) is 7.79. The Balaban J connectivity index is 2.08. The number of thiophene rings is 1. The second-order valence-corrected chi connectivity index (χ2v) is 6.21. The Morgan fingerprint density at radius 1 is 1.23 bits per heavy atom. The van der Waals surface area contributed by atoms with Crippen LogP contribution in [-0.2, 0) is 6.54 Å². The zero-order valence-electron chi connectivity index (χ0n) is 13.3. The van der Waals surface area contributed by atoms with Gasteiger partial charge in [0.1, 0.15) is 0 Å². The molecule has 4 nitrogen and oxygen atoms in total. The van der Waals surface area contributed by atoms with Crippen molar-refractivity contribution in [3.63, 3.8) is 0 Å². The third kappa shape index (κ3) is 4.64. The standard InChI is InChI=1S/C17H23N3OS/c1-3-19(4-2)11-12-20(14-15-7-9-18-10-8-15)17(21)16-6-5-13-22-16/h5-10,13H,3-4,11-12,14H2,1-2H3/p+1. The van der Waals surface area contributed by atoms with Crippen LogP contribution in [0.15, 0.2) is 42.0 Å². The number of nitrogens with zero attached hydrogens (tertiary/aromatic N) is 2. The number of carbonyl (C=O) groups excluding carboxylic acids is 1. The number of carbonyl (C=O) groups is 1. The molecule has 0 spiro atoms. The molecule has 0 aliphatic heterocycles. The second-order valence-electron chi connectivity index (χ2n) is 5.27. The summed E-state index contributed by atoms with van der Waals surface area (Å²) in [6.45, 7) is 8.95. The van der Waals surface area contributed by atoms with Gasteiger partial charge >= 0.3 is 0 Å². The summed E-state index contributed by atoms with van der Waals surface area (Å²) >= 11 is 1.51. The van der Waals surface area contributed by atoms with Crippen molar-refractivity contribution >= 4 is 17.2 Å². The fraction of sp³-hybridized carbons (Fsp3) is 0.412. The Bertz CT molecular complexity index is 553. The predicted octanol–water partition coefficient (Wildman–Crippen LogP) is 1.71. The number of quaternary nitrogens is 1. The van der Waals surface area contributed by atoms with Gasteiger partial charge in [0.15, 0.2) is 0 Å². The van der Waals surface area contributed by atoms with E-state index in [4.69, 9.17) is 0 Å².